The third-order valence-electron chi connectivity index (χ3n) is 4.99. The molecule has 0 aliphatic heterocycles. The van der Waals surface area contributed by atoms with Crippen molar-refractivity contribution in [3.05, 3.63) is 0 Å². The number of hydrogen-bond acceptors (Lipinski definition) is 9. The van der Waals surface area contributed by atoms with Gasteiger partial charge in [-0.2, -0.15) is 0 Å². The fourth-order valence-corrected chi connectivity index (χ4v) is 2.98. The van der Waals surface area contributed by atoms with Gasteiger partial charge in [-0.25, -0.2) is 4.79 Å². The van der Waals surface area contributed by atoms with Crippen LogP contribution < -0.4 is 44.6 Å². The van der Waals surface area contributed by atoms with Gasteiger partial charge in [0, 0.05) is 13.0 Å². The summed E-state index contributed by atoms with van der Waals surface area (Å²) in [6.45, 7) is -0.331. The molecule has 0 aromatic rings. The van der Waals surface area contributed by atoms with Gasteiger partial charge in [0.2, 0.25) is 23.6 Å². The maximum atomic E-state index is 13.0. The van der Waals surface area contributed by atoms with Crippen molar-refractivity contribution in [1.29, 1.82) is 0 Å². The summed E-state index contributed by atoms with van der Waals surface area (Å²) < 4.78 is 0. The van der Waals surface area contributed by atoms with E-state index in [4.69, 9.17) is 33.8 Å². The summed E-state index contributed by atoms with van der Waals surface area (Å²) >= 11 is 0. The Morgan fingerprint density at radius 1 is 0.778 bits per heavy atom. The van der Waals surface area contributed by atoms with Gasteiger partial charge >= 0.3 is 5.97 Å². The van der Waals surface area contributed by atoms with Crippen LogP contribution in [0.1, 0.15) is 44.9 Å². The van der Waals surface area contributed by atoms with E-state index >= 15 is 0 Å². The summed E-state index contributed by atoms with van der Waals surface area (Å²) in [5.41, 5.74) is 27.0. The van der Waals surface area contributed by atoms with Crippen molar-refractivity contribution in [3.8, 4) is 0 Å². The van der Waals surface area contributed by atoms with Crippen LogP contribution in [0.3, 0.4) is 0 Å². The molecule has 206 valence electrons. The first-order chi connectivity index (χ1) is 16.9. The van der Waals surface area contributed by atoms with E-state index in [1.54, 1.807) is 0 Å². The number of carboxylic acids is 1. The van der Waals surface area contributed by atoms with E-state index in [1.807, 2.05) is 0 Å². The van der Waals surface area contributed by atoms with Gasteiger partial charge in [-0.15, -0.1) is 0 Å². The zero-order valence-corrected chi connectivity index (χ0v) is 20.2. The number of rotatable bonds is 19. The van der Waals surface area contributed by atoms with E-state index in [0.717, 1.165) is 0 Å². The van der Waals surface area contributed by atoms with E-state index in [0.29, 0.717) is 25.8 Å². The molecule has 36 heavy (non-hydrogen) atoms. The molecule has 16 nitrogen and oxygen atoms in total. The minimum absolute atomic E-state index is 0.0127. The number of aliphatic imine (C=N–C) groups is 1. The standard InChI is InChI=1S/C20H39N9O7/c21-8-2-1-4-11(22)16(32)27-13(6-7-15(23)31)18(34)28-12(5-3-9-26-20(24)25)17(33)29-14(10-30)19(35)36/h11-14,30H,1-10,21-22H2,(H2,23,31)(H,27,32)(H,28,34)(H,29,33)(H,35,36)(H4,24,25,26). The summed E-state index contributed by atoms with van der Waals surface area (Å²) in [7, 11) is 0. The molecule has 0 aliphatic rings. The van der Waals surface area contributed by atoms with E-state index in [1.165, 1.54) is 0 Å². The Kier molecular flexibility index (Phi) is 16.1. The molecule has 0 rings (SSSR count). The molecule has 15 N–H and O–H groups in total. The largest absolute Gasteiger partial charge is 0.480 e. The number of nitrogens with zero attached hydrogens (tertiary/aromatic N) is 1. The van der Waals surface area contributed by atoms with Crippen molar-refractivity contribution in [2.75, 3.05) is 19.7 Å². The molecule has 0 heterocycles. The van der Waals surface area contributed by atoms with E-state index in [-0.39, 0.29) is 38.2 Å². The first kappa shape index (κ1) is 32.5. The molecule has 0 fully saturated rings. The molecular formula is C20H39N9O7. The van der Waals surface area contributed by atoms with Crippen molar-refractivity contribution in [2.45, 2.75) is 69.1 Å². The second-order valence-corrected chi connectivity index (χ2v) is 8.05. The number of nitrogens with two attached hydrogens (primary N) is 5. The number of aliphatic carboxylic acids is 1. The van der Waals surface area contributed by atoms with Crippen LogP contribution in [-0.2, 0) is 24.0 Å². The molecule has 0 aromatic heterocycles. The molecule has 0 aromatic carbocycles. The predicted molar refractivity (Wildman–Crippen MR) is 130 cm³/mol. The third kappa shape index (κ3) is 14.0. The number of primary amides is 1. The fourth-order valence-electron chi connectivity index (χ4n) is 2.98. The maximum absolute atomic E-state index is 13.0. The lowest BCUT2D eigenvalue weighted by Crippen LogP contribution is -2.57. The van der Waals surface area contributed by atoms with Gasteiger partial charge in [0.15, 0.2) is 5.96 Å². The Balaban J connectivity index is 5.53. The SMILES string of the molecule is NCCCCC(N)C(=O)NC(CCC(N)=O)C(=O)NC(CCCN=C(N)N)C(=O)NC(CO)C(=O)O. The number of guanidine groups is 1. The Morgan fingerprint density at radius 2 is 1.33 bits per heavy atom. The van der Waals surface area contributed by atoms with Crippen molar-refractivity contribution in [2.24, 2.45) is 33.7 Å². The van der Waals surface area contributed by atoms with Gasteiger partial charge in [0.25, 0.3) is 0 Å². The lowest BCUT2D eigenvalue weighted by molar-refractivity contribution is -0.143. The predicted octanol–water partition coefficient (Wildman–Crippen LogP) is -4.71. The summed E-state index contributed by atoms with van der Waals surface area (Å²) in [4.78, 5) is 64.3. The minimum Gasteiger partial charge on any atom is -0.480 e. The molecule has 0 radical (unpaired) electrons. The Morgan fingerprint density at radius 3 is 1.83 bits per heavy atom. The molecule has 4 amide bonds. The first-order valence-corrected chi connectivity index (χ1v) is 11.5. The smallest absolute Gasteiger partial charge is 0.328 e. The molecule has 0 spiro atoms. The molecule has 4 unspecified atom stereocenters. The third-order valence-corrected chi connectivity index (χ3v) is 4.99. The van der Waals surface area contributed by atoms with Crippen LogP contribution in [-0.4, -0.2) is 89.6 Å². The van der Waals surface area contributed by atoms with Crippen molar-refractivity contribution in [3.63, 3.8) is 0 Å². The second kappa shape index (κ2) is 17.9. The zero-order chi connectivity index (χ0) is 27.7. The summed E-state index contributed by atoms with van der Waals surface area (Å²) in [6, 6.07) is -5.07. The lowest BCUT2D eigenvalue weighted by atomic mass is 10.1. The number of unbranched alkanes of at least 4 members (excludes halogenated alkanes) is 1. The molecule has 16 heteroatoms. The van der Waals surface area contributed by atoms with Crippen molar-refractivity contribution < 1.29 is 34.2 Å². The van der Waals surface area contributed by atoms with Gasteiger partial charge in [-0.1, -0.05) is 6.42 Å². The van der Waals surface area contributed by atoms with Crippen molar-refractivity contribution >= 4 is 35.6 Å². The van der Waals surface area contributed by atoms with Crippen LogP contribution in [0.15, 0.2) is 4.99 Å². The monoisotopic (exact) mass is 517 g/mol. The number of carbonyl (C=O) groups is 5. The fraction of sp³-hybridized carbons (Fsp3) is 0.700. The number of aliphatic hydroxyl groups excluding tert-OH is 1. The van der Waals surface area contributed by atoms with Crippen LogP contribution in [0.25, 0.3) is 0 Å². The molecule has 0 saturated carbocycles. The highest BCUT2D eigenvalue weighted by molar-refractivity contribution is 5.94. The number of hydrogen-bond donors (Lipinski definition) is 10. The van der Waals surface area contributed by atoms with Crippen LogP contribution in [0.4, 0.5) is 0 Å². The van der Waals surface area contributed by atoms with E-state index in [9.17, 15) is 29.1 Å². The van der Waals surface area contributed by atoms with Gasteiger partial charge in [-0.3, -0.25) is 24.2 Å². The Labute approximate surface area is 208 Å². The summed E-state index contributed by atoms with van der Waals surface area (Å²) in [5.74, 6) is -4.73. The average molecular weight is 518 g/mol. The molecule has 0 bridgehead atoms. The summed E-state index contributed by atoms with van der Waals surface area (Å²) in [6.07, 6.45) is 1.37. The van der Waals surface area contributed by atoms with Gasteiger partial charge in [0.1, 0.15) is 18.1 Å². The van der Waals surface area contributed by atoms with Crippen molar-refractivity contribution in [1.82, 2.24) is 16.0 Å². The number of amides is 4. The second-order valence-electron chi connectivity index (χ2n) is 8.05. The highest BCUT2D eigenvalue weighted by Crippen LogP contribution is 2.05. The summed E-state index contributed by atoms with van der Waals surface area (Å²) in [5, 5.41) is 25.3. The molecular weight excluding hydrogens is 478 g/mol. The number of carboxylic acid groups (broad SMARTS) is 1. The van der Waals surface area contributed by atoms with Crippen LogP contribution in [0.2, 0.25) is 0 Å². The number of nitrogens with one attached hydrogen (secondary N) is 3. The van der Waals surface area contributed by atoms with Gasteiger partial charge in [0.05, 0.1) is 12.6 Å². The average Bonchev–Trinajstić information content (AvgIpc) is 2.80. The van der Waals surface area contributed by atoms with Gasteiger partial charge in [-0.05, 0) is 38.6 Å². The quantitative estimate of drug-likeness (QED) is 0.0440. The minimum atomic E-state index is -1.61. The van der Waals surface area contributed by atoms with Crippen LogP contribution in [0, 0.1) is 0 Å². The lowest BCUT2D eigenvalue weighted by Gasteiger charge is -2.25. The van der Waals surface area contributed by atoms with E-state index in [2.05, 4.69) is 20.9 Å². The molecule has 0 saturated heterocycles. The van der Waals surface area contributed by atoms with Gasteiger partial charge < -0.3 is 54.8 Å². The molecule has 4 atom stereocenters. The highest BCUT2D eigenvalue weighted by atomic mass is 16.4. The Hall–Kier alpha value is -3.50. The van der Waals surface area contributed by atoms with E-state index < -0.39 is 60.4 Å². The first-order valence-electron chi connectivity index (χ1n) is 11.5. The number of carbonyl (C=O) groups excluding carboxylic acids is 4. The van der Waals surface area contributed by atoms with Crippen LogP contribution >= 0.6 is 0 Å². The topological polar surface area (TPSA) is 304 Å². The highest BCUT2D eigenvalue weighted by Gasteiger charge is 2.30. The zero-order valence-electron chi connectivity index (χ0n) is 20.2. The normalized spacial score (nSPS) is 14.0. The maximum Gasteiger partial charge on any atom is 0.328 e. The number of aliphatic hydroxyl groups is 1. The molecule has 0 aliphatic carbocycles. The van der Waals surface area contributed by atoms with Crippen LogP contribution in [0.5, 0.6) is 0 Å². The Bertz CT molecular complexity index is 775.